The van der Waals surface area contributed by atoms with E-state index in [4.69, 9.17) is 0 Å². The molecule has 2 heteroatoms. The number of hydrogen-bond acceptors (Lipinski definition) is 2. The van der Waals surface area contributed by atoms with E-state index in [2.05, 4.69) is 67.8 Å². The van der Waals surface area contributed by atoms with Crippen molar-refractivity contribution in [1.82, 2.24) is 9.80 Å². The second-order valence-corrected chi connectivity index (χ2v) is 6.30. The molecule has 1 unspecified atom stereocenters. The van der Waals surface area contributed by atoms with Gasteiger partial charge in [-0.15, -0.1) is 0 Å². The van der Waals surface area contributed by atoms with Gasteiger partial charge < -0.3 is 0 Å². The Labute approximate surface area is 118 Å². The van der Waals surface area contributed by atoms with E-state index in [9.17, 15) is 0 Å². The maximum atomic E-state index is 2.67. The van der Waals surface area contributed by atoms with E-state index in [1.54, 1.807) is 0 Å². The molecule has 1 aliphatic rings. The zero-order valence-electron chi connectivity index (χ0n) is 12.8. The highest BCUT2D eigenvalue weighted by molar-refractivity contribution is 5.14. The van der Waals surface area contributed by atoms with Crippen LogP contribution in [0.25, 0.3) is 0 Å². The third-order valence-electron chi connectivity index (χ3n) is 4.11. The molecular formula is C17H28N2. The standard InChI is InChI=1S/C17H28N2/c1-14(2)19(15(3)4)17-10-11-18(13-17)12-16-8-6-5-7-9-16/h5-9,14-15,17H,10-13H2,1-4H3. The molecule has 1 fully saturated rings. The van der Waals surface area contributed by atoms with Gasteiger partial charge in [-0.05, 0) is 39.7 Å². The highest BCUT2D eigenvalue weighted by Gasteiger charge is 2.30. The molecule has 0 aromatic heterocycles. The quantitative estimate of drug-likeness (QED) is 0.801. The lowest BCUT2D eigenvalue weighted by Gasteiger charge is -2.36. The first-order chi connectivity index (χ1) is 9.08. The molecule has 1 heterocycles. The van der Waals surface area contributed by atoms with E-state index >= 15 is 0 Å². The van der Waals surface area contributed by atoms with Crippen LogP contribution in [0.2, 0.25) is 0 Å². The third-order valence-corrected chi connectivity index (χ3v) is 4.11. The van der Waals surface area contributed by atoms with Gasteiger partial charge in [0.1, 0.15) is 0 Å². The van der Waals surface area contributed by atoms with E-state index in [1.165, 1.54) is 25.1 Å². The summed E-state index contributed by atoms with van der Waals surface area (Å²) >= 11 is 0. The minimum Gasteiger partial charge on any atom is -0.297 e. The van der Waals surface area contributed by atoms with Gasteiger partial charge in [0.2, 0.25) is 0 Å². The van der Waals surface area contributed by atoms with Crippen LogP contribution in [-0.2, 0) is 6.54 Å². The van der Waals surface area contributed by atoms with E-state index in [1.807, 2.05) is 0 Å². The number of nitrogens with zero attached hydrogens (tertiary/aromatic N) is 2. The molecule has 0 aliphatic carbocycles. The van der Waals surface area contributed by atoms with Crippen molar-refractivity contribution >= 4 is 0 Å². The van der Waals surface area contributed by atoms with E-state index in [0.29, 0.717) is 12.1 Å². The van der Waals surface area contributed by atoms with Gasteiger partial charge in [0.15, 0.2) is 0 Å². The van der Waals surface area contributed by atoms with Crippen LogP contribution in [0.4, 0.5) is 0 Å². The number of hydrogen-bond donors (Lipinski definition) is 0. The molecule has 1 aromatic rings. The van der Waals surface area contributed by atoms with Crippen molar-refractivity contribution in [3.8, 4) is 0 Å². The summed E-state index contributed by atoms with van der Waals surface area (Å²) in [4.78, 5) is 5.27. The fourth-order valence-corrected chi connectivity index (χ4v) is 3.48. The Morgan fingerprint density at radius 1 is 1.11 bits per heavy atom. The summed E-state index contributed by atoms with van der Waals surface area (Å²) in [5, 5.41) is 0. The van der Waals surface area contributed by atoms with Crippen LogP contribution in [0.15, 0.2) is 30.3 Å². The molecule has 0 radical (unpaired) electrons. The Morgan fingerprint density at radius 2 is 1.74 bits per heavy atom. The van der Waals surface area contributed by atoms with E-state index in [-0.39, 0.29) is 0 Å². The molecule has 19 heavy (non-hydrogen) atoms. The van der Waals surface area contributed by atoms with Gasteiger partial charge in [-0.3, -0.25) is 9.80 Å². The van der Waals surface area contributed by atoms with Crippen molar-refractivity contribution in [2.24, 2.45) is 0 Å². The van der Waals surface area contributed by atoms with Gasteiger partial charge >= 0.3 is 0 Å². The molecule has 1 aromatic carbocycles. The summed E-state index contributed by atoms with van der Waals surface area (Å²) < 4.78 is 0. The summed E-state index contributed by atoms with van der Waals surface area (Å²) in [6.07, 6.45) is 1.31. The Balaban J connectivity index is 1.92. The lowest BCUT2D eigenvalue weighted by molar-refractivity contribution is 0.114. The summed E-state index contributed by atoms with van der Waals surface area (Å²) in [5.74, 6) is 0. The van der Waals surface area contributed by atoms with Crippen LogP contribution in [0.3, 0.4) is 0 Å². The molecule has 106 valence electrons. The second-order valence-electron chi connectivity index (χ2n) is 6.30. The summed E-state index contributed by atoms with van der Waals surface area (Å²) in [6, 6.07) is 12.8. The topological polar surface area (TPSA) is 6.48 Å². The second kappa shape index (κ2) is 6.53. The van der Waals surface area contributed by atoms with Gasteiger partial charge in [0.05, 0.1) is 0 Å². The summed E-state index contributed by atoms with van der Waals surface area (Å²) in [5.41, 5.74) is 1.43. The Kier molecular flexibility index (Phi) is 5.00. The molecule has 1 saturated heterocycles. The lowest BCUT2D eigenvalue weighted by Crippen LogP contribution is -2.46. The van der Waals surface area contributed by atoms with Crippen LogP contribution < -0.4 is 0 Å². The molecule has 0 saturated carbocycles. The Bertz CT molecular complexity index is 364. The number of rotatable bonds is 5. The molecule has 2 rings (SSSR count). The smallest absolute Gasteiger partial charge is 0.0240 e. The minimum atomic E-state index is 0.640. The van der Waals surface area contributed by atoms with Crippen molar-refractivity contribution in [1.29, 1.82) is 0 Å². The SMILES string of the molecule is CC(C)N(C(C)C)C1CCN(Cc2ccccc2)C1. The van der Waals surface area contributed by atoms with Crippen LogP contribution >= 0.6 is 0 Å². The molecule has 1 aliphatic heterocycles. The molecule has 0 bridgehead atoms. The highest BCUT2D eigenvalue weighted by Crippen LogP contribution is 2.21. The first-order valence-corrected chi connectivity index (χ1v) is 7.61. The van der Waals surface area contributed by atoms with Gasteiger partial charge in [-0.2, -0.15) is 0 Å². The fraction of sp³-hybridized carbons (Fsp3) is 0.647. The van der Waals surface area contributed by atoms with E-state index in [0.717, 1.165) is 12.6 Å². The maximum Gasteiger partial charge on any atom is 0.0240 e. The Hall–Kier alpha value is -0.860. The minimum absolute atomic E-state index is 0.640. The number of likely N-dealkylation sites (tertiary alicyclic amines) is 1. The van der Waals surface area contributed by atoms with Crippen molar-refractivity contribution in [3.05, 3.63) is 35.9 Å². The molecule has 0 amide bonds. The Morgan fingerprint density at radius 3 is 2.32 bits per heavy atom. The van der Waals surface area contributed by atoms with Gasteiger partial charge in [0, 0.05) is 37.8 Å². The molecular weight excluding hydrogens is 232 g/mol. The molecule has 1 atom stereocenters. The zero-order valence-corrected chi connectivity index (χ0v) is 12.8. The van der Waals surface area contributed by atoms with Crippen LogP contribution in [0, 0.1) is 0 Å². The van der Waals surface area contributed by atoms with Crippen molar-refractivity contribution in [2.75, 3.05) is 13.1 Å². The number of benzene rings is 1. The largest absolute Gasteiger partial charge is 0.297 e. The fourth-order valence-electron chi connectivity index (χ4n) is 3.48. The average Bonchev–Trinajstić information content (AvgIpc) is 2.77. The molecule has 0 spiro atoms. The monoisotopic (exact) mass is 260 g/mol. The van der Waals surface area contributed by atoms with Crippen molar-refractivity contribution in [3.63, 3.8) is 0 Å². The van der Waals surface area contributed by atoms with Crippen molar-refractivity contribution < 1.29 is 0 Å². The molecule has 0 N–H and O–H groups in total. The van der Waals surface area contributed by atoms with Crippen LogP contribution in [-0.4, -0.2) is 41.0 Å². The lowest BCUT2D eigenvalue weighted by atomic mass is 10.1. The maximum absolute atomic E-state index is 2.67. The van der Waals surface area contributed by atoms with Gasteiger partial charge in [0.25, 0.3) is 0 Å². The van der Waals surface area contributed by atoms with Crippen LogP contribution in [0.5, 0.6) is 0 Å². The zero-order chi connectivity index (χ0) is 13.8. The first kappa shape index (κ1) is 14.5. The highest BCUT2D eigenvalue weighted by atomic mass is 15.3. The van der Waals surface area contributed by atoms with Gasteiger partial charge in [-0.25, -0.2) is 0 Å². The van der Waals surface area contributed by atoms with Gasteiger partial charge in [-0.1, -0.05) is 30.3 Å². The summed E-state index contributed by atoms with van der Waals surface area (Å²) in [6.45, 7) is 12.8. The predicted molar refractivity (Wildman–Crippen MR) is 82.2 cm³/mol. The predicted octanol–water partition coefficient (Wildman–Crippen LogP) is 3.38. The first-order valence-electron chi connectivity index (χ1n) is 7.61. The average molecular weight is 260 g/mol. The van der Waals surface area contributed by atoms with Crippen molar-refractivity contribution in [2.45, 2.75) is 58.8 Å². The third kappa shape index (κ3) is 3.80. The van der Waals surface area contributed by atoms with E-state index < -0.39 is 0 Å². The van der Waals surface area contributed by atoms with Crippen LogP contribution in [0.1, 0.15) is 39.7 Å². The summed E-state index contributed by atoms with van der Waals surface area (Å²) in [7, 11) is 0. The normalized spacial score (nSPS) is 20.9. The molecule has 2 nitrogen and oxygen atoms in total.